The van der Waals surface area contributed by atoms with Crippen molar-refractivity contribution >= 4 is 23.1 Å². The number of aromatic hydroxyl groups is 2. The fraction of sp³-hybridized carbons (Fsp3) is 0.154. The average Bonchev–Trinajstić information content (AvgIpc) is 3.08. The molecule has 1 aliphatic heterocycles. The van der Waals surface area contributed by atoms with E-state index in [9.17, 15) is 24.9 Å². The van der Waals surface area contributed by atoms with Crippen molar-refractivity contribution in [1.82, 2.24) is 0 Å². The zero-order valence-corrected chi connectivity index (χ0v) is 17.9. The Morgan fingerprint density at radius 2 is 1.70 bits per heavy atom. The molecular formula is C26H23NO6. The van der Waals surface area contributed by atoms with Crippen LogP contribution < -0.4 is 9.64 Å². The predicted octanol–water partition coefficient (Wildman–Crippen LogP) is 4.51. The molecule has 1 heterocycles. The van der Waals surface area contributed by atoms with E-state index in [1.807, 2.05) is 6.92 Å². The van der Waals surface area contributed by atoms with Crippen molar-refractivity contribution in [2.45, 2.75) is 19.4 Å². The Morgan fingerprint density at radius 3 is 2.36 bits per heavy atom. The van der Waals surface area contributed by atoms with Crippen LogP contribution in [0.4, 0.5) is 5.69 Å². The third-order valence-corrected chi connectivity index (χ3v) is 5.37. The monoisotopic (exact) mass is 445 g/mol. The number of carbonyl (C=O) groups excluding carboxylic acids is 2. The number of anilines is 1. The van der Waals surface area contributed by atoms with Gasteiger partial charge in [0.2, 0.25) is 0 Å². The van der Waals surface area contributed by atoms with Crippen molar-refractivity contribution in [1.29, 1.82) is 0 Å². The maximum Gasteiger partial charge on any atom is 0.300 e. The topological polar surface area (TPSA) is 107 Å². The molecule has 0 aliphatic carbocycles. The van der Waals surface area contributed by atoms with Crippen molar-refractivity contribution in [3.8, 4) is 17.2 Å². The number of para-hydroxylation sites is 2. The number of benzene rings is 3. The molecule has 1 fully saturated rings. The van der Waals surface area contributed by atoms with Gasteiger partial charge < -0.3 is 20.1 Å². The number of amides is 1. The molecule has 0 bridgehead atoms. The van der Waals surface area contributed by atoms with E-state index in [0.29, 0.717) is 23.5 Å². The van der Waals surface area contributed by atoms with Crippen LogP contribution in [0.15, 0.2) is 78.4 Å². The Labute approximate surface area is 190 Å². The van der Waals surface area contributed by atoms with E-state index in [-0.39, 0.29) is 28.5 Å². The van der Waals surface area contributed by atoms with Crippen molar-refractivity contribution in [3.63, 3.8) is 0 Å². The first-order valence-electron chi connectivity index (χ1n) is 10.5. The lowest BCUT2D eigenvalue weighted by molar-refractivity contribution is -0.132. The molecule has 0 spiro atoms. The van der Waals surface area contributed by atoms with E-state index in [2.05, 4.69) is 0 Å². The molecule has 4 rings (SSSR count). The van der Waals surface area contributed by atoms with Crippen LogP contribution >= 0.6 is 0 Å². The van der Waals surface area contributed by atoms with E-state index >= 15 is 0 Å². The van der Waals surface area contributed by atoms with Crippen molar-refractivity contribution in [3.05, 3.63) is 89.5 Å². The number of phenolic OH excluding ortho intramolecular Hbond substituents is 2. The molecule has 0 saturated carbocycles. The SMILES string of the molecule is CCCOc1ccc(/C(O)=C2/C(=O)C(=O)N(c3ccccc3O)C2c2cccc(O)c2)cc1. The molecule has 1 aliphatic rings. The molecule has 0 aromatic heterocycles. The number of aliphatic hydroxyl groups excluding tert-OH is 1. The van der Waals surface area contributed by atoms with Gasteiger partial charge in [-0.2, -0.15) is 0 Å². The summed E-state index contributed by atoms with van der Waals surface area (Å²) in [5.41, 5.74) is 0.715. The highest BCUT2D eigenvalue weighted by molar-refractivity contribution is 6.51. The van der Waals surface area contributed by atoms with Crippen LogP contribution in [0.25, 0.3) is 5.76 Å². The number of hydrogen-bond donors (Lipinski definition) is 3. The predicted molar refractivity (Wildman–Crippen MR) is 123 cm³/mol. The number of Topliss-reactive ketones (excluding diaryl/α,β-unsaturated/α-hetero) is 1. The van der Waals surface area contributed by atoms with E-state index in [4.69, 9.17) is 4.74 Å². The molecule has 7 nitrogen and oxygen atoms in total. The zero-order valence-electron chi connectivity index (χ0n) is 17.9. The van der Waals surface area contributed by atoms with Crippen LogP contribution in [-0.2, 0) is 9.59 Å². The lowest BCUT2D eigenvalue weighted by Crippen LogP contribution is -2.29. The summed E-state index contributed by atoms with van der Waals surface area (Å²) in [7, 11) is 0. The Kier molecular flexibility index (Phi) is 6.04. The summed E-state index contributed by atoms with van der Waals surface area (Å²) in [4.78, 5) is 27.3. The van der Waals surface area contributed by atoms with Crippen LogP contribution in [0, 0.1) is 0 Å². The lowest BCUT2D eigenvalue weighted by Gasteiger charge is -2.26. The largest absolute Gasteiger partial charge is 0.508 e. The van der Waals surface area contributed by atoms with Crippen LogP contribution in [0.5, 0.6) is 17.2 Å². The molecule has 7 heteroatoms. The number of ketones is 1. The minimum absolute atomic E-state index is 0.0622. The van der Waals surface area contributed by atoms with Gasteiger partial charge in [0.15, 0.2) is 0 Å². The Balaban J connectivity index is 1.87. The fourth-order valence-electron chi connectivity index (χ4n) is 3.84. The molecule has 1 atom stereocenters. The lowest BCUT2D eigenvalue weighted by atomic mass is 9.95. The quantitative estimate of drug-likeness (QED) is 0.293. The number of phenols is 2. The van der Waals surface area contributed by atoms with Gasteiger partial charge in [-0.25, -0.2) is 0 Å². The number of ether oxygens (including phenoxy) is 1. The second-order valence-electron chi connectivity index (χ2n) is 7.63. The second-order valence-corrected chi connectivity index (χ2v) is 7.63. The first-order chi connectivity index (χ1) is 15.9. The molecule has 1 amide bonds. The summed E-state index contributed by atoms with van der Waals surface area (Å²) in [6.45, 7) is 2.54. The van der Waals surface area contributed by atoms with Gasteiger partial charge in [0.05, 0.1) is 23.9 Å². The highest BCUT2D eigenvalue weighted by atomic mass is 16.5. The van der Waals surface area contributed by atoms with Gasteiger partial charge in [0.1, 0.15) is 23.0 Å². The molecule has 1 unspecified atom stereocenters. The smallest absolute Gasteiger partial charge is 0.300 e. The third kappa shape index (κ3) is 4.13. The standard InChI is InChI=1S/C26H23NO6/c1-2-14-33-19-12-10-16(11-13-19)24(30)22-23(17-6-5-7-18(28)15-17)27(26(32)25(22)31)20-8-3-4-9-21(20)29/h3-13,15,23,28-30H,2,14H2,1H3/b24-22-. The maximum atomic E-state index is 13.1. The van der Waals surface area contributed by atoms with Gasteiger partial charge in [-0.05, 0) is 60.5 Å². The van der Waals surface area contributed by atoms with E-state index in [1.165, 1.54) is 24.3 Å². The molecular weight excluding hydrogens is 422 g/mol. The average molecular weight is 445 g/mol. The van der Waals surface area contributed by atoms with Crippen LogP contribution in [-0.4, -0.2) is 33.6 Å². The highest BCUT2D eigenvalue weighted by Crippen LogP contribution is 2.45. The number of aliphatic hydroxyl groups is 1. The Hall–Kier alpha value is -4.26. The Bertz CT molecular complexity index is 1230. The van der Waals surface area contributed by atoms with Gasteiger partial charge in [0, 0.05) is 5.56 Å². The number of carbonyl (C=O) groups is 2. The van der Waals surface area contributed by atoms with Gasteiger partial charge in [-0.1, -0.05) is 31.2 Å². The summed E-state index contributed by atoms with van der Waals surface area (Å²) in [5.74, 6) is -1.78. The molecule has 3 aromatic rings. The highest BCUT2D eigenvalue weighted by Gasteiger charge is 2.47. The minimum Gasteiger partial charge on any atom is -0.508 e. The summed E-state index contributed by atoms with van der Waals surface area (Å²) in [6, 6.07) is 17.7. The zero-order chi connectivity index (χ0) is 23.5. The molecule has 3 aromatic carbocycles. The van der Waals surface area contributed by atoms with Crippen molar-refractivity contribution in [2.24, 2.45) is 0 Å². The normalized spacial score (nSPS) is 17.4. The van der Waals surface area contributed by atoms with Crippen LogP contribution in [0.2, 0.25) is 0 Å². The van der Waals surface area contributed by atoms with Gasteiger partial charge in [-0.3, -0.25) is 14.5 Å². The first-order valence-corrected chi connectivity index (χ1v) is 10.5. The van der Waals surface area contributed by atoms with Gasteiger partial charge in [-0.15, -0.1) is 0 Å². The molecule has 168 valence electrons. The van der Waals surface area contributed by atoms with Crippen LogP contribution in [0.1, 0.15) is 30.5 Å². The first kappa shape index (κ1) is 22.0. The molecule has 1 saturated heterocycles. The minimum atomic E-state index is -1.05. The maximum absolute atomic E-state index is 13.1. The van der Waals surface area contributed by atoms with Crippen LogP contribution in [0.3, 0.4) is 0 Å². The number of nitrogens with zero attached hydrogens (tertiary/aromatic N) is 1. The summed E-state index contributed by atoms with van der Waals surface area (Å²) in [5, 5.41) is 31.5. The molecule has 0 radical (unpaired) electrons. The second kappa shape index (κ2) is 9.08. The number of rotatable bonds is 6. The van der Waals surface area contributed by atoms with E-state index in [0.717, 1.165) is 11.3 Å². The summed E-state index contributed by atoms with van der Waals surface area (Å²) >= 11 is 0. The van der Waals surface area contributed by atoms with Gasteiger partial charge in [0.25, 0.3) is 11.7 Å². The van der Waals surface area contributed by atoms with Crippen molar-refractivity contribution in [2.75, 3.05) is 11.5 Å². The van der Waals surface area contributed by atoms with E-state index in [1.54, 1.807) is 48.5 Å². The molecule has 3 N–H and O–H groups in total. The molecule has 33 heavy (non-hydrogen) atoms. The number of hydrogen-bond acceptors (Lipinski definition) is 6. The fourth-order valence-corrected chi connectivity index (χ4v) is 3.84. The Morgan fingerprint density at radius 1 is 0.970 bits per heavy atom. The summed E-state index contributed by atoms with van der Waals surface area (Å²) in [6.07, 6.45) is 0.849. The third-order valence-electron chi connectivity index (χ3n) is 5.37. The van der Waals surface area contributed by atoms with Gasteiger partial charge >= 0.3 is 0 Å². The van der Waals surface area contributed by atoms with Crippen molar-refractivity contribution < 1.29 is 29.6 Å². The summed E-state index contributed by atoms with van der Waals surface area (Å²) < 4.78 is 5.56. The van der Waals surface area contributed by atoms with E-state index < -0.39 is 17.7 Å².